The lowest BCUT2D eigenvalue weighted by molar-refractivity contribution is -0.141. The number of aliphatic carboxylic acids is 1. The molecule has 0 unspecified atom stereocenters. The standard InChI is InChI=1S/C37H42N4O4/c1-23(35(44)45)40-34(43)31(41-33(42)27-14-18-30(19-15-27)37(5,6)7)20-24-8-10-26(11-9-24)32-38-21-28(22-39-32)25-12-16-29(17-13-25)36(2,3)4/h8-19,21-23,31H,20H2,1-7H3,(H,40,43)(H,41,42)(H,44,45)/t23-,31+/m1/s1. The Morgan fingerprint density at radius 1 is 0.689 bits per heavy atom. The van der Waals surface area contributed by atoms with Crippen LogP contribution in [0.1, 0.15) is 75.5 Å². The molecule has 0 saturated carbocycles. The van der Waals surface area contributed by atoms with Crippen molar-refractivity contribution in [3.05, 3.63) is 107 Å². The van der Waals surface area contributed by atoms with Crippen LogP contribution in [-0.4, -0.2) is 44.9 Å². The van der Waals surface area contributed by atoms with Crippen LogP contribution in [0.5, 0.6) is 0 Å². The molecule has 0 aliphatic heterocycles. The highest BCUT2D eigenvalue weighted by molar-refractivity contribution is 5.98. The third-order valence-corrected chi connectivity index (χ3v) is 7.75. The van der Waals surface area contributed by atoms with Gasteiger partial charge in [-0.2, -0.15) is 0 Å². The molecule has 3 N–H and O–H groups in total. The molecule has 0 radical (unpaired) electrons. The van der Waals surface area contributed by atoms with Crippen molar-refractivity contribution >= 4 is 17.8 Å². The van der Waals surface area contributed by atoms with Crippen molar-refractivity contribution in [2.24, 2.45) is 0 Å². The first kappa shape index (κ1) is 33.1. The number of nitrogens with one attached hydrogen (secondary N) is 2. The van der Waals surface area contributed by atoms with Gasteiger partial charge in [-0.15, -0.1) is 0 Å². The van der Waals surface area contributed by atoms with Crippen molar-refractivity contribution in [1.82, 2.24) is 20.6 Å². The molecule has 2 atom stereocenters. The zero-order chi connectivity index (χ0) is 32.9. The minimum absolute atomic E-state index is 0.0675. The molecule has 1 heterocycles. The summed E-state index contributed by atoms with van der Waals surface area (Å²) in [6.07, 6.45) is 3.76. The minimum atomic E-state index is -1.16. The first-order chi connectivity index (χ1) is 21.1. The lowest BCUT2D eigenvalue weighted by Crippen LogP contribution is -2.51. The van der Waals surface area contributed by atoms with E-state index >= 15 is 0 Å². The van der Waals surface area contributed by atoms with Gasteiger partial charge in [0.25, 0.3) is 5.91 Å². The van der Waals surface area contributed by atoms with Crippen molar-refractivity contribution in [2.75, 3.05) is 0 Å². The predicted octanol–water partition coefficient (Wildman–Crippen LogP) is 6.34. The number of carbonyl (C=O) groups is 3. The van der Waals surface area contributed by atoms with Crippen LogP contribution < -0.4 is 10.6 Å². The van der Waals surface area contributed by atoms with E-state index in [4.69, 9.17) is 0 Å². The molecule has 1 aromatic heterocycles. The SMILES string of the molecule is C[C@@H](NC(=O)[C@H](Cc1ccc(-c2ncc(-c3ccc(C(C)(C)C)cc3)cn2)cc1)NC(=O)c1ccc(C(C)(C)C)cc1)C(=O)O. The molecular weight excluding hydrogens is 564 g/mol. The smallest absolute Gasteiger partial charge is 0.325 e. The summed E-state index contributed by atoms with van der Waals surface area (Å²) in [6, 6.07) is 21.0. The van der Waals surface area contributed by atoms with Gasteiger partial charge in [-0.25, -0.2) is 9.97 Å². The van der Waals surface area contributed by atoms with E-state index in [2.05, 4.69) is 86.4 Å². The number of hydrogen-bond acceptors (Lipinski definition) is 5. The maximum absolute atomic E-state index is 13.1. The van der Waals surface area contributed by atoms with Gasteiger partial charge in [0.1, 0.15) is 12.1 Å². The minimum Gasteiger partial charge on any atom is -0.480 e. The lowest BCUT2D eigenvalue weighted by Gasteiger charge is -2.21. The van der Waals surface area contributed by atoms with Gasteiger partial charge < -0.3 is 15.7 Å². The highest BCUT2D eigenvalue weighted by atomic mass is 16.4. The van der Waals surface area contributed by atoms with Gasteiger partial charge in [-0.3, -0.25) is 14.4 Å². The van der Waals surface area contributed by atoms with Crippen molar-refractivity contribution in [3.8, 4) is 22.5 Å². The first-order valence-electron chi connectivity index (χ1n) is 15.1. The van der Waals surface area contributed by atoms with E-state index in [1.165, 1.54) is 12.5 Å². The van der Waals surface area contributed by atoms with E-state index in [-0.39, 0.29) is 17.3 Å². The summed E-state index contributed by atoms with van der Waals surface area (Å²) in [6.45, 7) is 14.2. The Morgan fingerprint density at radius 3 is 1.67 bits per heavy atom. The molecule has 3 aromatic carbocycles. The van der Waals surface area contributed by atoms with Crippen molar-refractivity contribution in [3.63, 3.8) is 0 Å². The van der Waals surface area contributed by atoms with Crippen LogP contribution >= 0.6 is 0 Å². The quantitative estimate of drug-likeness (QED) is 0.205. The number of carboxylic acids is 1. The fraction of sp³-hybridized carbons (Fsp3) is 0.324. The van der Waals surface area contributed by atoms with Gasteiger partial charge in [0.15, 0.2) is 5.82 Å². The van der Waals surface area contributed by atoms with Crippen LogP contribution in [0.2, 0.25) is 0 Å². The van der Waals surface area contributed by atoms with Gasteiger partial charge in [-0.1, -0.05) is 102 Å². The van der Waals surface area contributed by atoms with Gasteiger partial charge in [0.2, 0.25) is 5.91 Å². The average Bonchev–Trinajstić information content (AvgIpc) is 3.00. The van der Waals surface area contributed by atoms with Gasteiger partial charge in [0.05, 0.1) is 0 Å². The summed E-state index contributed by atoms with van der Waals surface area (Å²) in [7, 11) is 0. The number of nitrogens with zero attached hydrogens (tertiary/aromatic N) is 2. The molecule has 2 amide bonds. The maximum Gasteiger partial charge on any atom is 0.325 e. The van der Waals surface area contributed by atoms with Crippen molar-refractivity contribution < 1.29 is 19.5 Å². The van der Waals surface area contributed by atoms with Crippen LogP contribution in [0.15, 0.2) is 85.2 Å². The number of carbonyl (C=O) groups excluding carboxylic acids is 2. The highest BCUT2D eigenvalue weighted by Crippen LogP contribution is 2.27. The van der Waals surface area contributed by atoms with E-state index in [9.17, 15) is 19.5 Å². The second-order valence-electron chi connectivity index (χ2n) is 13.4. The number of carboxylic acid groups (broad SMARTS) is 1. The second kappa shape index (κ2) is 13.4. The van der Waals surface area contributed by atoms with Crippen LogP contribution in [0.4, 0.5) is 0 Å². The summed E-state index contributed by atoms with van der Waals surface area (Å²) in [4.78, 5) is 46.8. The van der Waals surface area contributed by atoms with Crippen LogP contribution in [0.25, 0.3) is 22.5 Å². The van der Waals surface area contributed by atoms with E-state index < -0.39 is 29.9 Å². The van der Waals surface area contributed by atoms with E-state index in [0.29, 0.717) is 11.4 Å². The van der Waals surface area contributed by atoms with Crippen molar-refractivity contribution in [2.45, 2.75) is 77.8 Å². The van der Waals surface area contributed by atoms with Crippen LogP contribution in [0, 0.1) is 0 Å². The molecule has 8 heteroatoms. The Hall–Kier alpha value is -4.85. The van der Waals surface area contributed by atoms with Crippen LogP contribution in [-0.2, 0) is 26.8 Å². The lowest BCUT2D eigenvalue weighted by atomic mass is 9.86. The highest BCUT2D eigenvalue weighted by Gasteiger charge is 2.25. The second-order valence-corrected chi connectivity index (χ2v) is 13.4. The number of benzene rings is 3. The van der Waals surface area contributed by atoms with E-state index in [1.807, 2.05) is 36.4 Å². The molecule has 0 saturated heterocycles. The van der Waals surface area contributed by atoms with Gasteiger partial charge in [-0.05, 0) is 52.1 Å². The Morgan fingerprint density at radius 2 is 1.18 bits per heavy atom. The third kappa shape index (κ3) is 8.62. The third-order valence-electron chi connectivity index (χ3n) is 7.75. The Labute approximate surface area is 265 Å². The maximum atomic E-state index is 13.1. The number of amides is 2. The monoisotopic (exact) mass is 606 g/mol. The summed E-state index contributed by atoms with van der Waals surface area (Å²) in [5.74, 6) is -1.60. The molecule has 0 aliphatic rings. The average molecular weight is 607 g/mol. The molecule has 4 aromatic rings. The van der Waals surface area contributed by atoms with Crippen molar-refractivity contribution in [1.29, 1.82) is 0 Å². The zero-order valence-electron chi connectivity index (χ0n) is 27.0. The topological polar surface area (TPSA) is 121 Å². The normalized spacial score (nSPS) is 13.0. The zero-order valence-corrected chi connectivity index (χ0v) is 27.0. The van der Waals surface area contributed by atoms with Gasteiger partial charge >= 0.3 is 5.97 Å². The number of rotatable bonds is 9. The molecule has 0 spiro atoms. The molecule has 234 valence electrons. The number of hydrogen-bond donors (Lipinski definition) is 3. The molecule has 8 nitrogen and oxygen atoms in total. The molecule has 0 aliphatic carbocycles. The van der Waals surface area contributed by atoms with Gasteiger partial charge in [0, 0.05) is 35.5 Å². The molecule has 45 heavy (non-hydrogen) atoms. The molecular formula is C37H42N4O4. The summed E-state index contributed by atoms with van der Waals surface area (Å²) < 4.78 is 0. The molecule has 4 rings (SSSR count). The largest absolute Gasteiger partial charge is 0.480 e. The van der Waals surface area contributed by atoms with E-state index in [0.717, 1.165) is 27.8 Å². The Balaban J connectivity index is 1.49. The first-order valence-corrected chi connectivity index (χ1v) is 15.1. The Bertz CT molecular complexity index is 1630. The predicted molar refractivity (Wildman–Crippen MR) is 177 cm³/mol. The summed E-state index contributed by atoms with van der Waals surface area (Å²) >= 11 is 0. The van der Waals surface area contributed by atoms with E-state index in [1.54, 1.807) is 24.5 Å². The fourth-order valence-corrected chi connectivity index (χ4v) is 4.76. The number of aromatic nitrogens is 2. The summed E-state index contributed by atoms with van der Waals surface area (Å²) in [5, 5.41) is 14.6. The summed E-state index contributed by atoms with van der Waals surface area (Å²) in [5.41, 5.74) is 6.30. The van der Waals surface area contributed by atoms with Crippen LogP contribution in [0.3, 0.4) is 0 Å². The molecule has 0 fully saturated rings. The molecule has 0 bridgehead atoms. The fourth-order valence-electron chi connectivity index (χ4n) is 4.76. The Kier molecular flexibility index (Phi) is 9.86.